The molecule has 2 aromatic rings. The summed E-state index contributed by atoms with van der Waals surface area (Å²) in [5, 5.41) is 3.49. The molecule has 0 saturated carbocycles. The van der Waals surface area contributed by atoms with Gasteiger partial charge < -0.3 is 5.32 Å². The molecule has 0 fully saturated rings. The molecule has 0 aromatic heterocycles. The summed E-state index contributed by atoms with van der Waals surface area (Å²) in [6.07, 6.45) is 0.859. The summed E-state index contributed by atoms with van der Waals surface area (Å²) in [4.78, 5) is 0. The second-order valence-electron chi connectivity index (χ2n) is 4.83. The Morgan fingerprint density at radius 1 is 1.14 bits per heavy atom. The molecule has 21 heavy (non-hydrogen) atoms. The van der Waals surface area contributed by atoms with Gasteiger partial charge in [-0.25, -0.2) is 8.78 Å². The zero-order valence-corrected chi connectivity index (χ0v) is 13.8. The maximum Gasteiger partial charge on any atom is 0.127 e. The van der Waals surface area contributed by atoms with Crippen molar-refractivity contribution in [3.05, 3.63) is 68.7 Å². The lowest BCUT2D eigenvalue weighted by atomic mass is 9.98. The average Bonchev–Trinajstić information content (AvgIpc) is 2.44. The minimum absolute atomic E-state index is 0.102. The Morgan fingerprint density at radius 3 is 2.52 bits per heavy atom. The van der Waals surface area contributed by atoms with Crippen molar-refractivity contribution >= 4 is 27.5 Å². The smallest absolute Gasteiger partial charge is 0.127 e. The van der Waals surface area contributed by atoms with Crippen LogP contribution in [0.25, 0.3) is 0 Å². The summed E-state index contributed by atoms with van der Waals surface area (Å²) in [6, 6.07) is 9.46. The van der Waals surface area contributed by atoms with Crippen molar-refractivity contribution in [2.24, 2.45) is 0 Å². The van der Waals surface area contributed by atoms with Crippen molar-refractivity contribution in [2.75, 3.05) is 7.05 Å². The number of hydrogen-bond acceptors (Lipinski definition) is 1. The zero-order valence-electron chi connectivity index (χ0n) is 11.5. The number of nitrogens with one attached hydrogen (secondary N) is 1. The van der Waals surface area contributed by atoms with Crippen molar-refractivity contribution < 1.29 is 8.78 Å². The van der Waals surface area contributed by atoms with E-state index in [4.69, 9.17) is 11.6 Å². The third-order valence-corrected chi connectivity index (χ3v) is 4.25. The van der Waals surface area contributed by atoms with Crippen LogP contribution in [0.5, 0.6) is 0 Å². The van der Waals surface area contributed by atoms with E-state index in [0.29, 0.717) is 33.5 Å². The molecule has 0 aliphatic heterocycles. The highest BCUT2D eigenvalue weighted by molar-refractivity contribution is 9.10. The van der Waals surface area contributed by atoms with Gasteiger partial charge in [0.05, 0.1) is 0 Å². The summed E-state index contributed by atoms with van der Waals surface area (Å²) in [5.74, 6) is -0.608. The van der Waals surface area contributed by atoms with E-state index in [2.05, 4.69) is 21.2 Å². The quantitative estimate of drug-likeness (QED) is 0.796. The summed E-state index contributed by atoms with van der Waals surface area (Å²) < 4.78 is 28.4. The van der Waals surface area contributed by atoms with Crippen molar-refractivity contribution in [1.82, 2.24) is 5.32 Å². The number of benzene rings is 2. The minimum Gasteiger partial charge on any atom is -0.316 e. The lowest BCUT2D eigenvalue weighted by Crippen LogP contribution is -2.30. The third kappa shape index (κ3) is 4.25. The van der Waals surface area contributed by atoms with E-state index in [0.717, 1.165) is 0 Å². The van der Waals surface area contributed by atoms with E-state index in [1.807, 2.05) is 0 Å². The van der Waals surface area contributed by atoms with Gasteiger partial charge in [0.1, 0.15) is 11.6 Å². The van der Waals surface area contributed by atoms with Gasteiger partial charge in [-0.3, -0.25) is 0 Å². The molecule has 1 N–H and O–H groups in total. The normalized spacial score (nSPS) is 12.4. The van der Waals surface area contributed by atoms with Gasteiger partial charge in [0.15, 0.2) is 0 Å². The molecule has 0 aliphatic rings. The van der Waals surface area contributed by atoms with Crippen LogP contribution in [0.15, 0.2) is 40.9 Å². The van der Waals surface area contributed by atoms with Crippen molar-refractivity contribution in [1.29, 1.82) is 0 Å². The Hall–Kier alpha value is -0.970. The van der Waals surface area contributed by atoms with Crippen LogP contribution in [-0.4, -0.2) is 13.1 Å². The fourth-order valence-electron chi connectivity index (χ4n) is 2.20. The SMILES string of the molecule is CNC(Cc1ccc(Br)cc1F)Cc1c(F)cccc1Cl. The number of halogens is 4. The molecular weight excluding hydrogens is 360 g/mol. The van der Waals surface area contributed by atoms with E-state index in [9.17, 15) is 8.78 Å². The molecule has 1 nitrogen and oxygen atoms in total. The third-order valence-electron chi connectivity index (χ3n) is 3.40. The summed E-state index contributed by atoms with van der Waals surface area (Å²) in [7, 11) is 1.77. The Morgan fingerprint density at radius 2 is 1.90 bits per heavy atom. The first-order valence-corrected chi connectivity index (χ1v) is 7.72. The van der Waals surface area contributed by atoms with E-state index in [1.165, 1.54) is 12.1 Å². The number of hydrogen-bond donors (Lipinski definition) is 1. The summed E-state index contributed by atoms with van der Waals surface area (Å²) in [6.45, 7) is 0. The molecule has 0 heterocycles. The first-order valence-electron chi connectivity index (χ1n) is 6.55. The molecule has 0 aliphatic carbocycles. The van der Waals surface area contributed by atoms with Gasteiger partial charge in [-0.2, -0.15) is 0 Å². The van der Waals surface area contributed by atoms with E-state index in [-0.39, 0.29) is 17.7 Å². The molecule has 112 valence electrons. The fraction of sp³-hybridized carbons (Fsp3) is 0.250. The lowest BCUT2D eigenvalue weighted by molar-refractivity contribution is 0.517. The standard InChI is InChI=1S/C16H15BrClF2N/c1-21-12(7-10-5-6-11(17)8-16(10)20)9-13-14(18)3-2-4-15(13)19/h2-6,8,12,21H,7,9H2,1H3. The molecule has 0 bridgehead atoms. The minimum atomic E-state index is -0.334. The first-order chi connectivity index (χ1) is 10.0. The van der Waals surface area contributed by atoms with Gasteiger partial charge in [-0.1, -0.05) is 39.7 Å². The van der Waals surface area contributed by atoms with Gasteiger partial charge in [0.25, 0.3) is 0 Å². The highest BCUT2D eigenvalue weighted by Crippen LogP contribution is 2.22. The average molecular weight is 375 g/mol. The molecule has 2 aromatic carbocycles. The zero-order chi connectivity index (χ0) is 15.4. The number of likely N-dealkylation sites (N-methyl/N-ethyl adjacent to an activating group) is 1. The summed E-state index contributed by atoms with van der Waals surface area (Å²) >= 11 is 9.27. The summed E-state index contributed by atoms with van der Waals surface area (Å²) in [5.41, 5.74) is 1.04. The van der Waals surface area contributed by atoms with Crippen molar-refractivity contribution in [3.63, 3.8) is 0 Å². The van der Waals surface area contributed by atoms with Crippen molar-refractivity contribution in [3.8, 4) is 0 Å². The van der Waals surface area contributed by atoms with Crippen LogP contribution < -0.4 is 5.32 Å². The van der Waals surface area contributed by atoms with Gasteiger partial charge in [0.2, 0.25) is 0 Å². The van der Waals surface area contributed by atoms with Crippen LogP contribution >= 0.6 is 27.5 Å². The maximum absolute atomic E-state index is 13.9. The van der Waals surface area contributed by atoms with Crippen LogP contribution in [0.3, 0.4) is 0 Å². The van der Waals surface area contributed by atoms with Crippen LogP contribution in [0.4, 0.5) is 8.78 Å². The van der Waals surface area contributed by atoms with Crippen LogP contribution in [0.2, 0.25) is 5.02 Å². The molecule has 0 radical (unpaired) electrons. The largest absolute Gasteiger partial charge is 0.316 e. The van der Waals surface area contributed by atoms with Crippen molar-refractivity contribution in [2.45, 2.75) is 18.9 Å². The Kier molecular flexibility index (Phi) is 5.73. The molecule has 0 amide bonds. The van der Waals surface area contributed by atoms with E-state index in [1.54, 1.807) is 31.3 Å². The van der Waals surface area contributed by atoms with E-state index < -0.39 is 0 Å². The molecule has 5 heteroatoms. The molecule has 1 atom stereocenters. The Balaban J connectivity index is 2.17. The molecule has 0 spiro atoms. The first kappa shape index (κ1) is 16.4. The van der Waals surface area contributed by atoms with Gasteiger partial charge >= 0.3 is 0 Å². The molecule has 2 rings (SSSR count). The van der Waals surface area contributed by atoms with Gasteiger partial charge in [-0.05, 0) is 49.7 Å². The fourth-order valence-corrected chi connectivity index (χ4v) is 2.78. The second kappa shape index (κ2) is 7.34. The monoisotopic (exact) mass is 373 g/mol. The molecular formula is C16H15BrClF2N. The molecule has 1 unspecified atom stereocenters. The number of rotatable bonds is 5. The second-order valence-corrected chi connectivity index (χ2v) is 6.15. The highest BCUT2D eigenvalue weighted by Gasteiger charge is 2.16. The van der Waals surface area contributed by atoms with E-state index >= 15 is 0 Å². The van der Waals surface area contributed by atoms with Crippen LogP contribution in [0.1, 0.15) is 11.1 Å². The molecule has 0 saturated heterocycles. The van der Waals surface area contributed by atoms with Gasteiger partial charge in [0, 0.05) is 21.1 Å². The predicted molar refractivity (Wildman–Crippen MR) is 85.8 cm³/mol. The Bertz CT molecular complexity index is 613. The van der Waals surface area contributed by atoms with Crippen LogP contribution in [-0.2, 0) is 12.8 Å². The predicted octanol–water partition coefficient (Wildman–Crippen LogP) is 4.75. The lowest BCUT2D eigenvalue weighted by Gasteiger charge is -2.18. The highest BCUT2D eigenvalue weighted by atomic mass is 79.9. The Labute approximate surface area is 136 Å². The maximum atomic E-state index is 13.9. The van der Waals surface area contributed by atoms with Gasteiger partial charge in [-0.15, -0.1) is 0 Å². The topological polar surface area (TPSA) is 12.0 Å². The van der Waals surface area contributed by atoms with Crippen LogP contribution in [0, 0.1) is 11.6 Å².